The van der Waals surface area contributed by atoms with Gasteiger partial charge in [0.15, 0.2) is 5.69 Å². The molecule has 2 aromatic heterocycles. The van der Waals surface area contributed by atoms with E-state index < -0.39 is 17.7 Å². The normalized spacial score (nSPS) is 15.3. The molecular weight excluding hydrogens is 486 g/mol. The van der Waals surface area contributed by atoms with Crippen molar-refractivity contribution in [3.63, 3.8) is 0 Å². The van der Waals surface area contributed by atoms with Crippen LogP contribution >= 0.6 is 0 Å². The molecule has 3 heterocycles. The number of imidazole rings is 1. The van der Waals surface area contributed by atoms with Gasteiger partial charge in [-0.2, -0.15) is 0 Å². The summed E-state index contributed by atoms with van der Waals surface area (Å²) in [7, 11) is 0. The average molecular weight is 520 g/mol. The van der Waals surface area contributed by atoms with Gasteiger partial charge in [-0.25, -0.2) is 19.6 Å². The first kappa shape index (κ1) is 26.8. The molecule has 1 aliphatic heterocycles. The molecule has 1 unspecified atom stereocenters. The van der Waals surface area contributed by atoms with E-state index in [1.54, 1.807) is 48.4 Å². The molecule has 4 rings (SSSR count). The number of ether oxygens (including phenoxy) is 2. The number of carbonyl (C=O) groups excluding carboxylic acids is 3. The third-order valence-electron chi connectivity index (χ3n) is 5.97. The van der Waals surface area contributed by atoms with E-state index in [1.165, 1.54) is 0 Å². The van der Waals surface area contributed by atoms with Gasteiger partial charge in [0.05, 0.1) is 12.6 Å². The molecule has 1 aliphatic rings. The molecule has 0 saturated carbocycles. The van der Waals surface area contributed by atoms with Crippen molar-refractivity contribution in [1.29, 1.82) is 0 Å². The van der Waals surface area contributed by atoms with Crippen molar-refractivity contribution < 1.29 is 23.9 Å². The fourth-order valence-electron chi connectivity index (χ4n) is 4.21. The first-order chi connectivity index (χ1) is 18.1. The summed E-state index contributed by atoms with van der Waals surface area (Å²) in [4.78, 5) is 52.0. The average Bonchev–Trinajstić information content (AvgIpc) is 3.52. The van der Waals surface area contributed by atoms with Crippen LogP contribution in [0.2, 0.25) is 0 Å². The van der Waals surface area contributed by atoms with Crippen LogP contribution in [-0.2, 0) is 9.47 Å². The Labute approximate surface area is 221 Å². The lowest BCUT2D eigenvalue weighted by Crippen LogP contribution is -2.36. The van der Waals surface area contributed by atoms with Gasteiger partial charge in [0.2, 0.25) is 0 Å². The molecule has 10 heteroatoms. The van der Waals surface area contributed by atoms with Crippen molar-refractivity contribution in [2.45, 2.75) is 59.1 Å². The third-order valence-corrected chi connectivity index (χ3v) is 5.97. The Kier molecular flexibility index (Phi) is 7.80. The second-order valence-corrected chi connectivity index (χ2v) is 10.2. The fourth-order valence-corrected chi connectivity index (χ4v) is 4.21. The largest absolute Gasteiger partial charge is 0.461 e. The Hall–Kier alpha value is -4.21. The van der Waals surface area contributed by atoms with E-state index in [-0.39, 0.29) is 24.2 Å². The van der Waals surface area contributed by atoms with Crippen molar-refractivity contribution in [2.24, 2.45) is 0 Å². The highest BCUT2D eigenvalue weighted by Crippen LogP contribution is 2.34. The first-order valence-corrected chi connectivity index (χ1v) is 12.7. The standard InChI is InChI=1S/C28H33N5O5/c1-6-37-26(35)23-22(31-24(32-23)20-8-7-15-33(20)27(36)38-28(3,4)5)18-10-12-19(13-11-18)25(34)30-21-14-9-17(2)16-29-21/h9-14,16,20H,6-8,15H2,1-5H3,(H,31,32)(H,29,30,34). The van der Waals surface area contributed by atoms with E-state index in [1.807, 2.05) is 33.8 Å². The Bertz CT molecular complexity index is 1310. The minimum Gasteiger partial charge on any atom is -0.461 e. The summed E-state index contributed by atoms with van der Waals surface area (Å²) in [5.74, 6) is 0.0894. The minimum atomic E-state index is -0.627. The molecule has 0 bridgehead atoms. The molecule has 0 spiro atoms. The van der Waals surface area contributed by atoms with E-state index in [2.05, 4.69) is 15.3 Å². The molecule has 1 atom stereocenters. The lowest BCUT2D eigenvalue weighted by Gasteiger charge is -2.27. The lowest BCUT2D eigenvalue weighted by atomic mass is 10.1. The van der Waals surface area contributed by atoms with Gasteiger partial charge in [-0.3, -0.25) is 9.69 Å². The maximum atomic E-state index is 12.8. The van der Waals surface area contributed by atoms with E-state index in [0.29, 0.717) is 41.4 Å². The molecule has 1 saturated heterocycles. The van der Waals surface area contributed by atoms with Gasteiger partial charge >= 0.3 is 12.1 Å². The number of esters is 1. The van der Waals surface area contributed by atoms with Crippen molar-refractivity contribution in [2.75, 3.05) is 18.5 Å². The van der Waals surface area contributed by atoms with Crippen molar-refractivity contribution >= 4 is 23.8 Å². The number of carbonyl (C=O) groups is 3. The van der Waals surface area contributed by atoms with E-state index in [4.69, 9.17) is 14.5 Å². The molecule has 0 radical (unpaired) electrons. The SMILES string of the molecule is CCOC(=O)c1[nH]c(C2CCCN2C(=O)OC(C)(C)C)nc1-c1ccc(C(=O)Nc2ccc(C)cn2)cc1. The number of rotatable bonds is 6. The molecular formula is C28H33N5O5. The van der Waals surface area contributed by atoms with Gasteiger partial charge in [0, 0.05) is 23.9 Å². The van der Waals surface area contributed by atoms with E-state index in [9.17, 15) is 14.4 Å². The summed E-state index contributed by atoms with van der Waals surface area (Å²) >= 11 is 0. The number of nitrogens with one attached hydrogen (secondary N) is 2. The van der Waals surface area contributed by atoms with Gasteiger partial charge in [-0.15, -0.1) is 0 Å². The monoisotopic (exact) mass is 519 g/mol. The van der Waals surface area contributed by atoms with Crippen LogP contribution in [0.1, 0.15) is 78.8 Å². The van der Waals surface area contributed by atoms with Crippen LogP contribution in [0.4, 0.5) is 10.6 Å². The molecule has 1 fully saturated rings. The molecule has 38 heavy (non-hydrogen) atoms. The number of hydrogen-bond donors (Lipinski definition) is 2. The second kappa shape index (κ2) is 11.0. The number of aromatic nitrogens is 3. The zero-order valence-electron chi connectivity index (χ0n) is 22.3. The predicted molar refractivity (Wildman–Crippen MR) is 142 cm³/mol. The maximum Gasteiger partial charge on any atom is 0.410 e. The highest BCUT2D eigenvalue weighted by molar-refractivity contribution is 6.04. The van der Waals surface area contributed by atoms with Crippen LogP contribution in [0.3, 0.4) is 0 Å². The van der Waals surface area contributed by atoms with Crippen LogP contribution in [0, 0.1) is 6.92 Å². The number of likely N-dealkylation sites (tertiary alicyclic amines) is 1. The topological polar surface area (TPSA) is 127 Å². The lowest BCUT2D eigenvalue weighted by molar-refractivity contribution is 0.0218. The molecule has 200 valence electrons. The summed E-state index contributed by atoms with van der Waals surface area (Å²) in [5.41, 5.74) is 2.01. The number of hydrogen-bond acceptors (Lipinski definition) is 7. The van der Waals surface area contributed by atoms with Gasteiger partial charge in [-0.1, -0.05) is 18.2 Å². The number of H-pyrrole nitrogens is 1. The molecule has 2 amide bonds. The van der Waals surface area contributed by atoms with Crippen molar-refractivity contribution in [3.8, 4) is 11.3 Å². The summed E-state index contributed by atoms with van der Waals surface area (Å²) in [6.45, 7) is 9.84. The number of anilines is 1. The van der Waals surface area contributed by atoms with Crippen molar-refractivity contribution in [3.05, 3.63) is 65.2 Å². The zero-order chi connectivity index (χ0) is 27.4. The van der Waals surface area contributed by atoms with E-state index in [0.717, 1.165) is 12.0 Å². The van der Waals surface area contributed by atoms with Gasteiger partial charge in [-0.05, 0) is 71.2 Å². The summed E-state index contributed by atoms with van der Waals surface area (Å²) in [6, 6.07) is 10.0. The van der Waals surface area contributed by atoms with Crippen LogP contribution < -0.4 is 5.32 Å². The number of pyridine rings is 1. The molecule has 1 aromatic carbocycles. The van der Waals surface area contributed by atoms with Crippen LogP contribution in [0.15, 0.2) is 42.6 Å². The van der Waals surface area contributed by atoms with Crippen LogP contribution in [-0.4, -0.2) is 56.6 Å². The Morgan fingerprint density at radius 1 is 1.13 bits per heavy atom. The van der Waals surface area contributed by atoms with Crippen LogP contribution in [0.25, 0.3) is 11.3 Å². The number of aromatic amines is 1. The van der Waals surface area contributed by atoms with Gasteiger partial charge < -0.3 is 19.8 Å². The predicted octanol–water partition coefficient (Wildman–Crippen LogP) is 5.28. The van der Waals surface area contributed by atoms with E-state index >= 15 is 0 Å². The smallest absolute Gasteiger partial charge is 0.410 e. The molecule has 3 aromatic rings. The highest BCUT2D eigenvalue weighted by atomic mass is 16.6. The summed E-state index contributed by atoms with van der Waals surface area (Å²) in [6.07, 6.45) is 2.72. The molecule has 2 N–H and O–H groups in total. The summed E-state index contributed by atoms with van der Waals surface area (Å²) in [5, 5.41) is 2.77. The maximum absolute atomic E-state index is 12.8. The summed E-state index contributed by atoms with van der Waals surface area (Å²) < 4.78 is 10.8. The Morgan fingerprint density at radius 3 is 2.50 bits per heavy atom. The molecule has 0 aliphatic carbocycles. The zero-order valence-corrected chi connectivity index (χ0v) is 22.3. The van der Waals surface area contributed by atoms with Crippen molar-refractivity contribution in [1.82, 2.24) is 19.9 Å². The number of nitrogens with zero attached hydrogens (tertiary/aromatic N) is 3. The first-order valence-electron chi connectivity index (χ1n) is 12.7. The van der Waals surface area contributed by atoms with Gasteiger partial charge in [0.1, 0.15) is 22.9 Å². The Balaban J connectivity index is 1.60. The number of amides is 2. The fraction of sp³-hybridized carbons (Fsp3) is 0.393. The second-order valence-electron chi connectivity index (χ2n) is 10.2. The number of aryl methyl sites for hydroxylation is 1. The third kappa shape index (κ3) is 6.19. The quantitative estimate of drug-likeness (QED) is 0.424. The Morgan fingerprint density at radius 2 is 1.87 bits per heavy atom. The highest BCUT2D eigenvalue weighted by Gasteiger charge is 2.36. The van der Waals surface area contributed by atoms with Gasteiger partial charge in [0.25, 0.3) is 5.91 Å². The number of benzene rings is 1. The van der Waals surface area contributed by atoms with Crippen LogP contribution in [0.5, 0.6) is 0 Å². The minimum absolute atomic E-state index is 0.193. The molecule has 10 nitrogen and oxygen atoms in total.